The van der Waals surface area contributed by atoms with Gasteiger partial charge in [-0.25, -0.2) is 8.78 Å². The standard InChI is InChI=1S/C15H16F2N2O/c1-10(18)4-11-2-3-15(14(17)6-11)20-9-12-5-13(16)8-19-7-12/h2-3,5-8,10H,4,9,18H2,1H3. The second-order valence-electron chi connectivity index (χ2n) is 4.75. The van der Waals surface area contributed by atoms with E-state index < -0.39 is 11.6 Å². The van der Waals surface area contributed by atoms with Crippen LogP contribution in [0.5, 0.6) is 5.75 Å². The predicted molar refractivity (Wildman–Crippen MR) is 72.3 cm³/mol. The number of halogens is 2. The highest BCUT2D eigenvalue weighted by Gasteiger charge is 2.07. The van der Waals surface area contributed by atoms with Gasteiger partial charge in [-0.3, -0.25) is 4.98 Å². The Hall–Kier alpha value is -2.01. The van der Waals surface area contributed by atoms with Crippen molar-refractivity contribution in [3.63, 3.8) is 0 Å². The molecule has 0 radical (unpaired) electrons. The van der Waals surface area contributed by atoms with E-state index in [1.54, 1.807) is 12.1 Å². The highest BCUT2D eigenvalue weighted by molar-refractivity contribution is 5.30. The first-order chi connectivity index (χ1) is 9.54. The van der Waals surface area contributed by atoms with Gasteiger partial charge in [0.1, 0.15) is 12.4 Å². The molecule has 0 saturated carbocycles. The molecular weight excluding hydrogens is 262 g/mol. The number of hydrogen-bond acceptors (Lipinski definition) is 3. The zero-order valence-corrected chi connectivity index (χ0v) is 11.1. The number of hydrogen-bond donors (Lipinski definition) is 1. The van der Waals surface area contributed by atoms with Gasteiger partial charge < -0.3 is 10.5 Å². The van der Waals surface area contributed by atoms with Crippen LogP contribution in [0.1, 0.15) is 18.1 Å². The van der Waals surface area contributed by atoms with Crippen molar-refractivity contribution in [3.05, 3.63) is 59.4 Å². The minimum absolute atomic E-state index is 0.0282. The van der Waals surface area contributed by atoms with E-state index in [2.05, 4.69) is 4.98 Å². The van der Waals surface area contributed by atoms with Crippen molar-refractivity contribution in [3.8, 4) is 5.75 Å². The average Bonchev–Trinajstić information content (AvgIpc) is 2.37. The Kier molecular flexibility index (Phi) is 4.63. The summed E-state index contributed by atoms with van der Waals surface area (Å²) in [4.78, 5) is 3.70. The van der Waals surface area contributed by atoms with Gasteiger partial charge >= 0.3 is 0 Å². The molecule has 0 saturated heterocycles. The Morgan fingerprint density at radius 2 is 2.00 bits per heavy atom. The van der Waals surface area contributed by atoms with Crippen LogP contribution in [0.2, 0.25) is 0 Å². The van der Waals surface area contributed by atoms with Crippen molar-refractivity contribution < 1.29 is 13.5 Å². The average molecular weight is 278 g/mol. The van der Waals surface area contributed by atoms with E-state index >= 15 is 0 Å². The van der Waals surface area contributed by atoms with Gasteiger partial charge in [-0.1, -0.05) is 6.07 Å². The van der Waals surface area contributed by atoms with Crippen LogP contribution in [0.15, 0.2) is 36.7 Å². The molecular formula is C15H16F2N2O. The molecule has 106 valence electrons. The fraction of sp³-hybridized carbons (Fsp3) is 0.267. The first kappa shape index (κ1) is 14.4. The molecule has 2 rings (SSSR count). The fourth-order valence-corrected chi connectivity index (χ4v) is 1.86. The molecule has 1 aromatic carbocycles. The van der Waals surface area contributed by atoms with E-state index in [-0.39, 0.29) is 18.4 Å². The molecule has 2 aromatic rings. The Morgan fingerprint density at radius 3 is 2.65 bits per heavy atom. The van der Waals surface area contributed by atoms with Crippen LogP contribution in [-0.4, -0.2) is 11.0 Å². The smallest absolute Gasteiger partial charge is 0.165 e. The molecule has 1 atom stereocenters. The summed E-state index contributed by atoms with van der Waals surface area (Å²) in [5.74, 6) is -0.769. The number of aromatic nitrogens is 1. The summed E-state index contributed by atoms with van der Waals surface area (Å²) in [5, 5.41) is 0. The predicted octanol–water partition coefficient (Wildman–Crippen LogP) is 2.83. The Bertz CT molecular complexity index is 588. The van der Waals surface area contributed by atoms with Crippen molar-refractivity contribution in [2.75, 3.05) is 0 Å². The van der Waals surface area contributed by atoms with E-state index in [9.17, 15) is 8.78 Å². The third-order valence-corrected chi connectivity index (χ3v) is 2.71. The molecule has 0 amide bonds. The monoisotopic (exact) mass is 278 g/mol. The van der Waals surface area contributed by atoms with Crippen LogP contribution in [0.4, 0.5) is 8.78 Å². The lowest BCUT2D eigenvalue weighted by atomic mass is 10.1. The van der Waals surface area contributed by atoms with Gasteiger partial charge in [-0.2, -0.15) is 0 Å². The summed E-state index contributed by atoms with van der Waals surface area (Å²) in [6.07, 6.45) is 3.18. The topological polar surface area (TPSA) is 48.1 Å². The molecule has 0 bridgehead atoms. The molecule has 0 spiro atoms. The van der Waals surface area contributed by atoms with Gasteiger partial charge in [0.05, 0.1) is 6.20 Å². The number of rotatable bonds is 5. The van der Waals surface area contributed by atoms with Crippen molar-refractivity contribution >= 4 is 0 Å². The number of nitrogens with two attached hydrogens (primary N) is 1. The summed E-state index contributed by atoms with van der Waals surface area (Å²) in [6.45, 7) is 1.92. The first-order valence-electron chi connectivity index (χ1n) is 6.31. The third kappa shape index (κ3) is 3.99. The van der Waals surface area contributed by atoms with Gasteiger partial charge in [0, 0.05) is 17.8 Å². The highest BCUT2D eigenvalue weighted by atomic mass is 19.1. The fourth-order valence-electron chi connectivity index (χ4n) is 1.86. The highest BCUT2D eigenvalue weighted by Crippen LogP contribution is 2.20. The van der Waals surface area contributed by atoms with Crippen molar-refractivity contribution in [1.29, 1.82) is 0 Å². The maximum Gasteiger partial charge on any atom is 0.165 e. The van der Waals surface area contributed by atoms with E-state index in [1.165, 1.54) is 18.3 Å². The summed E-state index contributed by atoms with van der Waals surface area (Å²) in [5.41, 5.74) is 7.03. The molecule has 0 aliphatic rings. The number of ether oxygens (including phenoxy) is 1. The second-order valence-corrected chi connectivity index (χ2v) is 4.75. The summed E-state index contributed by atoms with van der Waals surface area (Å²) >= 11 is 0. The van der Waals surface area contributed by atoms with Crippen molar-refractivity contribution in [2.45, 2.75) is 26.0 Å². The first-order valence-corrected chi connectivity index (χ1v) is 6.31. The number of benzene rings is 1. The SMILES string of the molecule is CC(N)Cc1ccc(OCc2cncc(F)c2)c(F)c1. The molecule has 0 fully saturated rings. The normalized spacial score (nSPS) is 12.2. The van der Waals surface area contributed by atoms with Gasteiger partial charge in [0.15, 0.2) is 11.6 Å². The maximum atomic E-state index is 13.8. The van der Waals surface area contributed by atoms with Crippen LogP contribution in [0.25, 0.3) is 0 Å². The molecule has 2 N–H and O–H groups in total. The largest absolute Gasteiger partial charge is 0.486 e. The minimum atomic E-state index is -0.451. The molecule has 0 aliphatic carbocycles. The Morgan fingerprint density at radius 1 is 1.20 bits per heavy atom. The van der Waals surface area contributed by atoms with E-state index in [0.717, 1.165) is 11.8 Å². The van der Waals surface area contributed by atoms with Crippen LogP contribution in [-0.2, 0) is 13.0 Å². The zero-order chi connectivity index (χ0) is 14.5. The summed E-state index contributed by atoms with van der Waals surface area (Å²) in [6, 6.07) is 6.00. The van der Waals surface area contributed by atoms with Crippen molar-refractivity contribution in [2.24, 2.45) is 5.73 Å². The van der Waals surface area contributed by atoms with Crippen molar-refractivity contribution in [1.82, 2.24) is 4.98 Å². The zero-order valence-electron chi connectivity index (χ0n) is 11.1. The van der Waals surface area contributed by atoms with Crippen LogP contribution in [0.3, 0.4) is 0 Å². The molecule has 1 heterocycles. The van der Waals surface area contributed by atoms with Gasteiger partial charge in [-0.15, -0.1) is 0 Å². The quantitative estimate of drug-likeness (QED) is 0.915. The van der Waals surface area contributed by atoms with Crippen LogP contribution in [0, 0.1) is 11.6 Å². The Balaban J connectivity index is 2.03. The minimum Gasteiger partial charge on any atom is -0.486 e. The van der Waals surface area contributed by atoms with Gasteiger partial charge in [0.2, 0.25) is 0 Å². The molecule has 5 heteroatoms. The number of pyridine rings is 1. The van der Waals surface area contributed by atoms with Crippen LogP contribution >= 0.6 is 0 Å². The molecule has 1 aromatic heterocycles. The molecule has 3 nitrogen and oxygen atoms in total. The lowest BCUT2D eigenvalue weighted by Crippen LogP contribution is -2.17. The van der Waals surface area contributed by atoms with Crippen LogP contribution < -0.4 is 10.5 Å². The van der Waals surface area contributed by atoms with E-state index in [4.69, 9.17) is 10.5 Å². The molecule has 1 unspecified atom stereocenters. The summed E-state index contributed by atoms with van der Waals surface area (Å²) < 4.78 is 32.1. The maximum absolute atomic E-state index is 13.8. The molecule has 20 heavy (non-hydrogen) atoms. The Labute approximate surface area is 116 Å². The van der Waals surface area contributed by atoms with Gasteiger partial charge in [-0.05, 0) is 37.1 Å². The molecule has 0 aliphatic heterocycles. The lowest BCUT2D eigenvalue weighted by molar-refractivity contribution is 0.289. The second kappa shape index (κ2) is 6.43. The van der Waals surface area contributed by atoms with E-state index in [0.29, 0.717) is 12.0 Å². The number of nitrogens with zero attached hydrogens (tertiary/aromatic N) is 1. The van der Waals surface area contributed by atoms with E-state index in [1.807, 2.05) is 6.92 Å². The third-order valence-electron chi connectivity index (χ3n) is 2.71. The lowest BCUT2D eigenvalue weighted by Gasteiger charge is -2.10. The van der Waals surface area contributed by atoms with Gasteiger partial charge in [0.25, 0.3) is 0 Å². The summed E-state index contributed by atoms with van der Waals surface area (Å²) in [7, 11) is 0.